The molecule has 0 fully saturated rings. The highest BCUT2D eigenvalue weighted by Crippen LogP contribution is 2.38. The van der Waals surface area contributed by atoms with Crippen LogP contribution in [-0.2, 0) is 21.3 Å². The Kier molecular flexibility index (Phi) is 11.6. The van der Waals surface area contributed by atoms with Gasteiger partial charge in [0.25, 0.3) is 10.0 Å². The maximum atomic E-state index is 14.1. The summed E-state index contributed by atoms with van der Waals surface area (Å²) in [5, 5.41) is 22.5. The Hall–Kier alpha value is -3.65. The number of aliphatic hydroxyl groups is 1. The number of ether oxygens (including phenoxy) is 2. The van der Waals surface area contributed by atoms with E-state index in [1.54, 1.807) is 55.6 Å². The van der Waals surface area contributed by atoms with E-state index in [1.165, 1.54) is 11.2 Å². The van der Waals surface area contributed by atoms with E-state index in [-0.39, 0.29) is 35.9 Å². The lowest BCUT2D eigenvalue weighted by atomic mass is 9.89. The van der Waals surface area contributed by atoms with Crippen LogP contribution in [0.15, 0.2) is 108 Å². The molecule has 10 heteroatoms. The topological polar surface area (TPSA) is 112 Å². The van der Waals surface area contributed by atoms with Crippen molar-refractivity contribution in [2.24, 2.45) is 0 Å². The predicted molar refractivity (Wildman–Crippen MR) is 180 cm³/mol. The molecule has 3 aromatic rings. The van der Waals surface area contributed by atoms with Crippen LogP contribution in [0.1, 0.15) is 44.7 Å². The Balaban J connectivity index is 0.00000552. The highest BCUT2D eigenvalue weighted by molar-refractivity contribution is 7.92. The van der Waals surface area contributed by atoms with Gasteiger partial charge in [0, 0.05) is 25.6 Å². The summed E-state index contributed by atoms with van der Waals surface area (Å²) < 4.78 is 42.1. The number of methoxy groups -OCH3 is 1. The first kappa shape index (κ1) is 35.8. The smallest absolute Gasteiger partial charge is 0.264 e. The molecule has 3 aromatic carbocycles. The number of β-amino-alcohol motifs (C(OH)–C–C–N with tert-alkyl or cyclic N) is 1. The number of aryl methyl sites for hydroxylation is 1. The predicted octanol–water partition coefficient (Wildman–Crippen LogP) is 6.45. The van der Waals surface area contributed by atoms with E-state index in [0.29, 0.717) is 24.3 Å². The molecule has 0 bridgehead atoms. The number of halogens is 1. The molecule has 1 aliphatic carbocycles. The van der Waals surface area contributed by atoms with Crippen molar-refractivity contribution in [2.75, 3.05) is 18.0 Å². The van der Waals surface area contributed by atoms with Gasteiger partial charge in [0.2, 0.25) is 5.79 Å². The third-order valence-corrected chi connectivity index (χ3v) is 9.31. The molecule has 0 saturated heterocycles. The third kappa shape index (κ3) is 9.19. The van der Waals surface area contributed by atoms with Crippen LogP contribution < -0.4 is 14.4 Å². The number of nitriles is 1. The molecule has 2 N–H and O–H groups in total. The summed E-state index contributed by atoms with van der Waals surface area (Å²) >= 11 is 0. The lowest BCUT2D eigenvalue weighted by Crippen LogP contribution is -2.47. The molecule has 0 radical (unpaired) electrons. The first-order valence-corrected chi connectivity index (χ1v) is 16.0. The Morgan fingerprint density at radius 1 is 1.02 bits per heavy atom. The fourth-order valence-electron chi connectivity index (χ4n) is 4.89. The van der Waals surface area contributed by atoms with Crippen LogP contribution in [0, 0.1) is 18.3 Å². The summed E-state index contributed by atoms with van der Waals surface area (Å²) in [5.41, 5.74) is 1.38. The summed E-state index contributed by atoms with van der Waals surface area (Å²) in [7, 11) is -2.41. The van der Waals surface area contributed by atoms with Gasteiger partial charge in [-0.2, -0.15) is 5.26 Å². The van der Waals surface area contributed by atoms with E-state index in [2.05, 4.69) is 5.32 Å². The standard InChI is InChI=1S/C35H41N3O5S.ClH/c1-27-15-17-30(18-16-27)44(40,41)38(24-29-11-7-6-8-12-29)31-13-9-10-14-32(31)43-35(42-5)21-19-28(20-22-35)23-33(2,3)37-26-34(4,39)25-36;/h6-21,37,39H,22-24,26H2,1-5H3;1H. The van der Waals surface area contributed by atoms with Crippen LogP contribution in [0.2, 0.25) is 0 Å². The van der Waals surface area contributed by atoms with Crippen LogP contribution in [0.4, 0.5) is 5.69 Å². The van der Waals surface area contributed by atoms with Gasteiger partial charge in [-0.25, -0.2) is 8.42 Å². The molecule has 240 valence electrons. The van der Waals surface area contributed by atoms with Gasteiger partial charge in [0.15, 0.2) is 5.60 Å². The van der Waals surface area contributed by atoms with E-state index in [9.17, 15) is 13.5 Å². The summed E-state index contributed by atoms with van der Waals surface area (Å²) in [4.78, 5) is 0.188. The zero-order chi connectivity index (χ0) is 32.0. The van der Waals surface area contributed by atoms with Crippen LogP contribution >= 0.6 is 12.4 Å². The largest absolute Gasteiger partial charge is 0.456 e. The fraction of sp³-hybridized carbons (Fsp3) is 0.343. The summed E-state index contributed by atoms with van der Waals surface area (Å²) in [6.07, 6.45) is 6.84. The van der Waals surface area contributed by atoms with E-state index in [1.807, 2.05) is 75.4 Å². The lowest BCUT2D eigenvalue weighted by molar-refractivity contribution is -0.122. The van der Waals surface area contributed by atoms with Crippen molar-refractivity contribution in [2.45, 2.75) is 68.9 Å². The van der Waals surface area contributed by atoms with E-state index >= 15 is 0 Å². The number of anilines is 1. The van der Waals surface area contributed by atoms with Gasteiger partial charge in [-0.15, -0.1) is 12.4 Å². The van der Waals surface area contributed by atoms with Gasteiger partial charge < -0.3 is 19.9 Å². The minimum absolute atomic E-state index is 0. The van der Waals surface area contributed by atoms with Gasteiger partial charge in [0.1, 0.15) is 5.75 Å². The molecule has 45 heavy (non-hydrogen) atoms. The normalized spacial score (nSPS) is 17.8. The number of benzene rings is 3. The zero-order valence-electron chi connectivity index (χ0n) is 26.4. The Labute approximate surface area is 273 Å². The van der Waals surface area contributed by atoms with E-state index < -0.39 is 21.4 Å². The number of hydrogen-bond acceptors (Lipinski definition) is 7. The van der Waals surface area contributed by atoms with Crippen molar-refractivity contribution in [3.63, 3.8) is 0 Å². The number of rotatable bonds is 13. The van der Waals surface area contributed by atoms with Crippen molar-refractivity contribution in [3.05, 3.63) is 114 Å². The molecule has 8 nitrogen and oxygen atoms in total. The number of para-hydroxylation sites is 2. The lowest BCUT2D eigenvalue weighted by Gasteiger charge is -2.35. The first-order chi connectivity index (χ1) is 20.8. The molecular formula is C35H42ClN3O5S. The van der Waals surface area contributed by atoms with Crippen molar-refractivity contribution in [1.82, 2.24) is 5.32 Å². The molecule has 0 aromatic heterocycles. The van der Waals surface area contributed by atoms with Gasteiger partial charge in [0.05, 0.1) is 23.2 Å². The monoisotopic (exact) mass is 651 g/mol. The molecule has 1 aliphatic rings. The zero-order valence-corrected chi connectivity index (χ0v) is 28.0. The molecule has 4 rings (SSSR count). The first-order valence-electron chi connectivity index (χ1n) is 14.5. The molecule has 0 saturated carbocycles. The molecule has 0 spiro atoms. The molecule has 0 aliphatic heterocycles. The van der Waals surface area contributed by atoms with Gasteiger partial charge in [-0.3, -0.25) is 4.31 Å². The second kappa shape index (κ2) is 14.6. The highest BCUT2D eigenvalue weighted by Gasteiger charge is 2.35. The van der Waals surface area contributed by atoms with Crippen molar-refractivity contribution < 1.29 is 23.0 Å². The number of nitrogens with one attached hydrogen (secondary N) is 1. The summed E-state index contributed by atoms with van der Waals surface area (Å²) in [5.74, 6) is -0.795. The van der Waals surface area contributed by atoms with E-state index in [4.69, 9.17) is 14.7 Å². The second-order valence-corrected chi connectivity index (χ2v) is 13.9. The average molecular weight is 652 g/mol. The highest BCUT2D eigenvalue weighted by atomic mass is 35.5. The maximum absolute atomic E-state index is 14.1. The summed E-state index contributed by atoms with van der Waals surface area (Å²) in [6.45, 7) is 7.66. The SMILES string of the molecule is COC1(Oc2ccccc2N(Cc2ccccc2)S(=O)(=O)c2ccc(C)cc2)C=CC(CC(C)(C)NCC(C)(O)C#N)=CC1.Cl. The Morgan fingerprint density at radius 3 is 2.27 bits per heavy atom. The minimum atomic E-state index is -3.97. The number of hydrogen-bond donors (Lipinski definition) is 2. The molecular weight excluding hydrogens is 610 g/mol. The maximum Gasteiger partial charge on any atom is 0.264 e. The summed E-state index contributed by atoms with van der Waals surface area (Å²) in [6, 6.07) is 25.2. The number of nitrogens with zero attached hydrogens (tertiary/aromatic N) is 2. The van der Waals surface area contributed by atoms with Crippen LogP contribution in [0.25, 0.3) is 0 Å². The number of allylic oxidation sites excluding steroid dienone is 1. The Bertz CT molecular complexity index is 1650. The van der Waals surface area contributed by atoms with Crippen molar-refractivity contribution in [1.29, 1.82) is 5.26 Å². The van der Waals surface area contributed by atoms with Crippen LogP contribution in [0.5, 0.6) is 5.75 Å². The Morgan fingerprint density at radius 2 is 1.67 bits per heavy atom. The van der Waals surface area contributed by atoms with Gasteiger partial charge in [-0.05, 0) is 70.0 Å². The quantitative estimate of drug-likeness (QED) is 0.161. The van der Waals surface area contributed by atoms with Crippen LogP contribution in [-0.4, -0.2) is 44.1 Å². The van der Waals surface area contributed by atoms with E-state index in [0.717, 1.165) is 16.7 Å². The van der Waals surface area contributed by atoms with Crippen molar-refractivity contribution >= 4 is 28.1 Å². The van der Waals surface area contributed by atoms with Gasteiger partial charge in [-0.1, -0.05) is 77.9 Å². The second-order valence-electron chi connectivity index (χ2n) is 12.0. The molecule has 0 amide bonds. The average Bonchev–Trinajstić information content (AvgIpc) is 3.01. The van der Waals surface area contributed by atoms with Gasteiger partial charge >= 0.3 is 0 Å². The van der Waals surface area contributed by atoms with Crippen LogP contribution in [0.3, 0.4) is 0 Å². The van der Waals surface area contributed by atoms with Crippen molar-refractivity contribution in [3.8, 4) is 11.8 Å². The molecule has 2 unspecified atom stereocenters. The minimum Gasteiger partial charge on any atom is -0.456 e. The molecule has 0 heterocycles. The third-order valence-electron chi connectivity index (χ3n) is 7.54. The number of sulfonamides is 1. The fourth-order valence-corrected chi connectivity index (χ4v) is 6.35. The molecule has 2 atom stereocenters.